The van der Waals surface area contributed by atoms with Gasteiger partial charge in [0.05, 0.1) is 6.54 Å². The summed E-state index contributed by atoms with van der Waals surface area (Å²) in [5.74, 6) is -1.82. The minimum atomic E-state index is -1.59. The topological polar surface area (TPSA) is 89.9 Å². The number of carbonyl (C=O) groups excluding carboxylic acids is 1. The lowest BCUT2D eigenvalue weighted by Crippen LogP contribution is -2.35. The van der Waals surface area contributed by atoms with Crippen molar-refractivity contribution in [1.29, 1.82) is 0 Å². The van der Waals surface area contributed by atoms with E-state index in [-0.39, 0.29) is 6.54 Å². The van der Waals surface area contributed by atoms with E-state index in [9.17, 15) is 9.59 Å². The van der Waals surface area contributed by atoms with Crippen LogP contribution in [0.3, 0.4) is 0 Å². The first-order chi connectivity index (χ1) is 9.40. The lowest BCUT2D eigenvalue weighted by molar-refractivity contribution is -0.146. The van der Waals surface area contributed by atoms with Crippen molar-refractivity contribution in [2.45, 2.75) is 6.10 Å². The normalized spacial score (nSPS) is 12.2. The molecule has 0 bridgehead atoms. The largest absolute Gasteiger partial charge is 0.479 e. The fourth-order valence-electron chi connectivity index (χ4n) is 1.40. The summed E-state index contributed by atoms with van der Waals surface area (Å²) in [6.45, 7) is -0.321. The molecule has 1 unspecified atom stereocenters. The Morgan fingerprint density at radius 2 is 1.90 bits per heavy atom. The lowest BCUT2D eigenvalue weighted by atomic mass is 10.2. The van der Waals surface area contributed by atoms with Crippen LogP contribution in [-0.4, -0.2) is 48.8 Å². The van der Waals surface area contributed by atoms with Crippen molar-refractivity contribution in [2.75, 3.05) is 25.5 Å². The Balaban J connectivity index is 2.50. The van der Waals surface area contributed by atoms with E-state index in [4.69, 9.17) is 10.2 Å². The second-order valence-electron chi connectivity index (χ2n) is 4.42. The molecule has 0 aliphatic carbocycles. The molecular formula is C14H18N2O4. The van der Waals surface area contributed by atoms with Crippen LogP contribution in [-0.2, 0) is 9.59 Å². The average molecular weight is 278 g/mol. The van der Waals surface area contributed by atoms with Gasteiger partial charge in [0, 0.05) is 25.9 Å². The maximum atomic E-state index is 11.4. The highest BCUT2D eigenvalue weighted by atomic mass is 16.4. The number of benzene rings is 1. The van der Waals surface area contributed by atoms with Crippen molar-refractivity contribution in [1.82, 2.24) is 5.32 Å². The highest BCUT2D eigenvalue weighted by Crippen LogP contribution is 2.12. The van der Waals surface area contributed by atoms with Crippen molar-refractivity contribution in [2.24, 2.45) is 0 Å². The van der Waals surface area contributed by atoms with Gasteiger partial charge in [-0.3, -0.25) is 4.79 Å². The third kappa shape index (κ3) is 5.11. The molecule has 3 N–H and O–H groups in total. The van der Waals surface area contributed by atoms with Crippen molar-refractivity contribution >= 4 is 23.6 Å². The van der Waals surface area contributed by atoms with Crippen LogP contribution >= 0.6 is 0 Å². The predicted molar refractivity (Wildman–Crippen MR) is 76.5 cm³/mol. The van der Waals surface area contributed by atoms with E-state index < -0.39 is 18.0 Å². The number of hydrogen-bond acceptors (Lipinski definition) is 4. The van der Waals surface area contributed by atoms with Crippen LogP contribution in [0.15, 0.2) is 30.3 Å². The standard InChI is InChI=1S/C14H18N2O4/c1-16(2)11-6-3-10(4-7-11)5-8-13(18)15-9-12(17)14(19)20/h3-8,12,17H,9H2,1-2H3,(H,15,18)(H,19,20). The Labute approximate surface area is 117 Å². The number of aliphatic carboxylic acids is 1. The second kappa shape index (κ2) is 7.30. The summed E-state index contributed by atoms with van der Waals surface area (Å²) in [6, 6.07) is 7.58. The molecule has 6 nitrogen and oxygen atoms in total. The lowest BCUT2D eigenvalue weighted by Gasteiger charge is -2.11. The van der Waals surface area contributed by atoms with Crippen molar-refractivity contribution < 1.29 is 19.8 Å². The predicted octanol–water partition coefficient (Wildman–Crippen LogP) is 0.327. The van der Waals surface area contributed by atoms with E-state index in [1.165, 1.54) is 6.08 Å². The molecular weight excluding hydrogens is 260 g/mol. The Morgan fingerprint density at radius 3 is 2.40 bits per heavy atom. The molecule has 1 aromatic carbocycles. The highest BCUT2D eigenvalue weighted by molar-refractivity contribution is 5.92. The molecule has 108 valence electrons. The molecule has 0 aliphatic heterocycles. The number of rotatable bonds is 6. The van der Waals surface area contributed by atoms with E-state index in [1.807, 2.05) is 43.3 Å². The van der Waals surface area contributed by atoms with Gasteiger partial charge in [-0.2, -0.15) is 0 Å². The first-order valence-electron chi connectivity index (χ1n) is 6.04. The SMILES string of the molecule is CN(C)c1ccc(C=CC(=O)NCC(O)C(=O)O)cc1. The molecule has 1 rings (SSSR count). The summed E-state index contributed by atoms with van der Waals surface area (Å²) in [7, 11) is 3.87. The number of anilines is 1. The molecule has 20 heavy (non-hydrogen) atoms. The number of nitrogens with zero attached hydrogens (tertiary/aromatic N) is 1. The first-order valence-corrected chi connectivity index (χ1v) is 6.04. The van der Waals surface area contributed by atoms with Crippen molar-refractivity contribution in [3.8, 4) is 0 Å². The number of carboxylic acids is 1. The van der Waals surface area contributed by atoms with Gasteiger partial charge in [-0.05, 0) is 23.8 Å². The fraction of sp³-hybridized carbons (Fsp3) is 0.286. The zero-order valence-electron chi connectivity index (χ0n) is 11.4. The van der Waals surface area contributed by atoms with Crippen LogP contribution in [0.2, 0.25) is 0 Å². The zero-order valence-corrected chi connectivity index (χ0v) is 11.4. The summed E-state index contributed by atoms with van der Waals surface area (Å²) in [5, 5.41) is 19.7. The number of amides is 1. The zero-order chi connectivity index (χ0) is 15.1. The molecule has 0 saturated heterocycles. The maximum Gasteiger partial charge on any atom is 0.334 e. The van der Waals surface area contributed by atoms with Crippen LogP contribution in [0, 0.1) is 0 Å². The van der Waals surface area contributed by atoms with Gasteiger partial charge in [-0.15, -0.1) is 0 Å². The Kier molecular flexibility index (Phi) is 5.74. The quantitative estimate of drug-likeness (QED) is 0.652. The molecule has 1 amide bonds. The third-order valence-corrected chi connectivity index (χ3v) is 2.59. The number of nitrogens with one attached hydrogen (secondary N) is 1. The summed E-state index contributed by atoms with van der Waals surface area (Å²) >= 11 is 0. The fourth-order valence-corrected chi connectivity index (χ4v) is 1.40. The van der Waals surface area contributed by atoms with Gasteiger partial charge in [-0.1, -0.05) is 12.1 Å². The van der Waals surface area contributed by atoms with Gasteiger partial charge in [0.2, 0.25) is 5.91 Å². The summed E-state index contributed by atoms with van der Waals surface area (Å²) < 4.78 is 0. The molecule has 0 fully saturated rings. The van der Waals surface area contributed by atoms with Crippen LogP contribution in [0.5, 0.6) is 0 Å². The van der Waals surface area contributed by atoms with E-state index in [0.717, 1.165) is 11.3 Å². The van der Waals surface area contributed by atoms with Crippen LogP contribution < -0.4 is 10.2 Å². The number of carbonyl (C=O) groups is 2. The highest BCUT2D eigenvalue weighted by Gasteiger charge is 2.12. The van der Waals surface area contributed by atoms with Gasteiger partial charge >= 0.3 is 5.97 Å². The molecule has 1 aromatic rings. The first kappa shape index (κ1) is 15.7. The van der Waals surface area contributed by atoms with E-state index >= 15 is 0 Å². The van der Waals surface area contributed by atoms with E-state index in [1.54, 1.807) is 6.08 Å². The van der Waals surface area contributed by atoms with Gasteiger partial charge < -0.3 is 20.4 Å². The molecule has 0 spiro atoms. The van der Waals surface area contributed by atoms with Crippen LogP contribution in [0.1, 0.15) is 5.56 Å². The average Bonchev–Trinajstić information content (AvgIpc) is 2.42. The number of aliphatic hydroxyl groups is 1. The summed E-state index contributed by atoms with van der Waals surface area (Å²) in [5.41, 5.74) is 1.90. The maximum absolute atomic E-state index is 11.4. The van der Waals surface area contributed by atoms with Gasteiger partial charge in [0.15, 0.2) is 6.10 Å². The smallest absolute Gasteiger partial charge is 0.334 e. The molecule has 0 aromatic heterocycles. The number of aliphatic hydroxyl groups excluding tert-OH is 1. The van der Waals surface area contributed by atoms with Crippen molar-refractivity contribution in [3.05, 3.63) is 35.9 Å². The Hall–Kier alpha value is -2.34. The van der Waals surface area contributed by atoms with Crippen LogP contribution in [0.4, 0.5) is 5.69 Å². The molecule has 0 radical (unpaired) electrons. The van der Waals surface area contributed by atoms with Gasteiger partial charge in [0.25, 0.3) is 0 Å². The second-order valence-corrected chi connectivity index (χ2v) is 4.42. The summed E-state index contributed by atoms with van der Waals surface area (Å²) in [6.07, 6.45) is 1.31. The minimum absolute atomic E-state index is 0.321. The Morgan fingerprint density at radius 1 is 1.30 bits per heavy atom. The van der Waals surface area contributed by atoms with Crippen LogP contribution in [0.25, 0.3) is 6.08 Å². The van der Waals surface area contributed by atoms with Crippen molar-refractivity contribution in [3.63, 3.8) is 0 Å². The monoisotopic (exact) mass is 278 g/mol. The Bertz CT molecular complexity index is 494. The third-order valence-electron chi connectivity index (χ3n) is 2.59. The summed E-state index contributed by atoms with van der Waals surface area (Å²) in [4.78, 5) is 23.7. The van der Waals surface area contributed by atoms with Gasteiger partial charge in [0.1, 0.15) is 0 Å². The van der Waals surface area contributed by atoms with E-state index in [2.05, 4.69) is 5.32 Å². The van der Waals surface area contributed by atoms with Gasteiger partial charge in [-0.25, -0.2) is 4.79 Å². The molecule has 0 aliphatic rings. The minimum Gasteiger partial charge on any atom is -0.479 e. The molecule has 0 heterocycles. The van der Waals surface area contributed by atoms with E-state index in [0.29, 0.717) is 0 Å². The molecule has 6 heteroatoms. The number of hydrogen-bond donors (Lipinski definition) is 3. The molecule has 0 saturated carbocycles. The number of carboxylic acid groups (broad SMARTS) is 1. The molecule has 1 atom stereocenters.